The van der Waals surface area contributed by atoms with Gasteiger partial charge in [-0.1, -0.05) is 25.1 Å². The molecule has 0 aliphatic heterocycles. The van der Waals surface area contributed by atoms with Gasteiger partial charge in [-0.25, -0.2) is 0 Å². The van der Waals surface area contributed by atoms with Crippen LogP contribution in [0.3, 0.4) is 0 Å². The first-order valence-corrected chi connectivity index (χ1v) is 9.57. The Morgan fingerprint density at radius 1 is 1.07 bits per heavy atom. The van der Waals surface area contributed by atoms with Gasteiger partial charge in [0.1, 0.15) is 5.75 Å². The van der Waals surface area contributed by atoms with Crippen LogP contribution in [-0.4, -0.2) is 29.6 Å². The monoisotopic (exact) mass is 399 g/mol. The number of hydrogen-bond donors (Lipinski definition) is 3. The van der Waals surface area contributed by atoms with Gasteiger partial charge in [-0.15, -0.1) is 0 Å². The van der Waals surface area contributed by atoms with Crippen molar-refractivity contribution in [3.63, 3.8) is 0 Å². The maximum absolute atomic E-state index is 12.5. The standard InChI is InChI=1S/C21H25N3O3S/c1-4-12-22-20(26)17-10-5-6-11-18(17)23-21(28)24-19(25)15-8-7-9-16(13-15)27-14(2)3/h5-11,13-14H,4,12H2,1-3H3,(H,22,26)(H2,23,24,25,28). The van der Waals surface area contributed by atoms with Crippen LogP contribution >= 0.6 is 12.2 Å². The van der Waals surface area contributed by atoms with Gasteiger partial charge in [0.25, 0.3) is 11.8 Å². The van der Waals surface area contributed by atoms with E-state index in [9.17, 15) is 9.59 Å². The molecule has 0 spiro atoms. The lowest BCUT2D eigenvalue weighted by atomic mass is 10.1. The normalized spacial score (nSPS) is 10.3. The fourth-order valence-electron chi connectivity index (χ4n) is 2.44. The number of thiocarbonyl (C=S) groups is 1. The molecule has 0 saturated carbocycles. The summed E-state index contributed by atoms with van der Waals surface area (Å²) in [7, 11) is 0. The molecule has 0 atom stereocenters. The van der Waals surface area contributed by atoms with Crippen molar-refractivity contribution in [3.8, 4) is 5.75 Å². The molecule has 3 N–H and O–H groups in total. The summed E-state index contributed by atoms with van der Waals surface area (Å²) in [6.45, 7) is 6.40. The van der Waals surface area contributed by atoms with Gasteiger partial charge in [-0.2, -0.15) is 0 Å². The molecule has 0 heterocycles. The quantitative estimate of drug-likeness (QED) is 0.618. The number of carbonyl (C=O) groups is 2. The lowest BCUT2D eigenvalue weighted by Gasteiger charge is -2.14. The van der Waals surface area contributed by atoms with Gasteiger partial charge in [0.15, 0.2) is 5.11 Å². The molecule has 0 aromatic heterocycles. The molecule has 2 aromatic carbocycles. The van der Waals surface area contributed by atoms with Crippen molar-refractivity contribution in [2.45, 2.75) is 33.3 Å². The van der Waals surface area contributed by atoms with Crippen molar-refractivity contribution < 1.29 is 14.3 Å². The van der Waals surface area contributed by atoms with Crippen molar-refractivity contribution in [1.29, 1.82) is 0 Å². The predicted molar refractivity (Wildman–Crippen MR) is 115 cm³/mol. The zero-order valence-corrected chi connectivity index (χ0v) is 17.1. The summed E-state index contributed by atoms with van der Waals surface area (Å²) in [6, 6.07) is 13.9. The van der Waals surface area contributed by atoms with Crippen LogP contribution in [0.2, 0.25) is 0 Å². The average Bonchev–Trinajstić information content (AvgIpc) is 2.66. The van der Waals surface area contributed by atoms with Crippen LogP contribution in [0.15, 0.2) is 48.5 Å². The van der Waals surface area contributed by atoms with E-state index in [1.807, 2.05) is 20.8 Å². The molecule has 0 aliphatic rings. The Hall–Kier alpha value is -2.93. The van der Waals surface area contributed by atoms with Crippen LogP contribution in [0.4, 0.5) is 5.69 Å². The molecule has 0 radical (unpaired) electrons. The van der Waals surface area contributed by atoms with E-state index in [1.54, 1.807) is 48.5 Å². The number of para-hydroxylation sites is 1. The van der Waals surface area contributed by atoms with Crippen molar-refractivity contribution in [2.75, 3.05) is 11.9 Å². The second kappa shape index (κ2) is 10.4. The number of hydrogen-bond acceptors (Lipinski definition) is 4. The largest absolute Gasteiger partial charge is 0.491 e. The minimum Gasteiger partial charge on any atom is -0.491 e. The van der Waals surface area contributed by atoms with E-state index in [4.69, 9.17) is 17.0 Å². The Morgan fingerprint density at radius 2 is 1.82 bits per heavy atom. The highest BCUT2D eigenvalue weighted by Crippen LogP contribution is 2.16. The highest BCUT2D eigenvalue weighted by Gasteiger charge is 2.13. The Labute approximate surface area is 170 Å². The Kier molecular flexibility index (Phi) is 7.95. The van der Waals surface area contributed by atoms with Gasteiger partial charge in [-0.3, -0.25) is 14.9 Å². The van der Waals surface area contributed by atoms with Crippen LogP contribution in [0.1, 0.15) is 47.9 Å². The number of anilines is 1. The average molecular weight is 400 g/mol. The molecular weight excluding hydrogens is 374 g/mol. The molecule has 0 bridgehead atoms. The molecule has 2 rings (SSSR count). The highest BCUT2D eigenvalue weighted by atomic mass is 32.1. The molecule has 0 aliphatic carbocycles. The van der Waals surface area contributed by atoms with Gasteiger partial charge < -0.3 is 15.4 Å². The Bertz CT molecular complexity index is 852. The van der Waals surface area contributed by atoms with E-state index >= 15 is 0 Å². The third-order valence-corrected chi connectivity index (χ3v) is 3.85. The molecule has 0 saturated heterocycles. The molecule has 28 heavy (non-hydrogen) atoms. The number of rotatable bonds is 7. The fraction of sp³-hybridized carbons (Fsp3) is 0.286. The van der Waals surface area contributed by atoms with Gasteiger partial charge in [0, 0.05) is 12.1 Å². The summed E-state index contributed by atoms with van der Waals surface area (Å²) < 4.78 is 5.61. The van der Waals surface area contributed by atoms with Crippen molar-refractivity contribution in [1.82, 2.24) is 10.6 Å². The van der Waals surface area contributed by atoms with E-state index in [0.717, 1.165) is 6.42 Å². The van der Waals surface area contributed by atoms with Crippen LogP contribution in [0.25, 0.3) is 0 Å². The van der Waals surface area contributed by atoms with Gasteiger partial charge >= 0.3 is 0 Å². The highest BCUT2D eigenvalue weighted by molar-refractivity contribution is 7.80. The molecule has 0 unspecified atom stereocenters. The van der Waals surface area contributed by atoms with Gasteiger partial charge in [0.2, 0.25) is 0 Å². The van der Waals surface area contributed by atoms with E-state index in [1.165, 1.54) is 0 Å². The van der Waals surface area contributed by atoms with Crippen LogP contribution in [0, 0.1) is 0 Å². The summed E-state index contributed by atoms with van der Waals surface area (Å²) in [4.78, 5) is 24.7. The SMILES string of the molecule is CCCNC(=O)c1ccccc1NC(=S)NC(=O)c1cccc(OC(C)C)c1. The summed E-state index contributed by atoms with van der Waals surface area (Å²) in [5.74, 6) is 0.0525. The number of benzene rings is 2. The molecule has 2 amide bonds. The summed E-state index contributed by atoms with van der Waals surface area (Å²) >= 11 is 5.24. The zero-order chi connectivity index (χ0) is 20.5. The molecule has 0 fully saturated rings. The number of carbonyl (C=O) groups excluding carboxylic acids is 2. The third kappa shape index (κ3) is 6.35. The topological polar surface area (TPSA) is 79.5 Å². The van der Waals surface area contributed by atoms with E-state index in [0.29, 0.717) is 29.1 Å². The summed E-state index contributed by atoms with van der Waals surface area (Å²) in [5.41, 5.74) is 1.41. The van der Waals surface area contributed by atoms with E-state index in [2.05, 4.69) is 16.0 Å². The Morgan fingerprint density at radius 3 is 2.54 bits per heavy atom. The first kappa shape index (κ1) is 21.4. The molecule has 148 valence electrons. The first-order chi connectivity index (χ1) is 13.4. The molecule has 7 heteroatoms. The molecular formula is C21H25N3O3S. The van der Waals surface area contributed by atoms with Crippen molar-refractivity contribution in [3.05, 3.63) is 59.7 Å². The van der Waals surface area contributed by atoms with Crippen molar-refractivity contribution >= 4 is 34.8 Å². The molecule has 2 aromatic rings. The summed E-state index contributed by atoms with van der Waals surface area (Å²) in [5, 5.41) is 8.49. The van der Waals surface area contributed by atoms with Crippen LogP contribution in [-0.2, 0) is 0 Å². The number of ether oxygens (including phenoxy) is 1. The fourth-order valence-corrected chi connectivity index (χ4v) is 2.64. The molecule has 6 nitrogen and oxygen atoms in total. The second-order valence-corrected chi connectivity index (χ2v) is 6.81. The van der Waals surface area contributed by atoms with Crippen molar-refractivity contribution in [2.24, 2.45) is 0 Å². The van der Waals surface area contributed by atoms with Gasteiger partial charge in [0.05, 0.1) is 17.4 Å². The lowest BCUT2D eigenvalue weighted by Crippen LogP contribution is -2.35. The maximum atomic E-state index is 12.5. The van der Waals surface area contributed by atoms with Crippen LogP contribution in [0.5, 0.6) is 5.75 Å². The Balaban J connectivity index is 2.04. The predicted octanol–water partition coefficient (Wildman–Crippen LogP) is 3.74. The summed E-state index contributed by atoms with van der Waals surface area (Å²) in [6.07, 6.45) is 0.853. The number of amides is 2. The van der Waals surface area contributed by atoms with E-state index < -0.39 is 0 Å². The second-order valence-electron chi connectivity index (χ2n) is 6.40. The first-order valence-electron chi connectivity index (χ1n) is 9.17. The smallest absolute Gasteiger partial charge is 0.257 e. The van der Waals surface area contributed by atoms with Gasteiger partial charge in [-0.05, 0) is 62.8 Å². The van der Waals surface area contributed by atoms with Crippen LogP contribution < -0.4 is 20.7 Å². The maximum Gasteiger partial charge on any atom is 0.257 e. The van der Waals surface area contributed by atoms with E-state index in [-0.39, 0.29) is 23.0 Å². The third-order valence-electron chi connectivity index (χ3n) is 3.65. The zero-order valence-electron chi connectivity index (χ0n) is 16.2. The minimum atomic E-state index is -0.361. The number of nitrogens with one attached hydrogen (secondary N) is 3. The lowest BCUT2D eigenvalue weighted by molar-refractivity contribution is 0.0952. The minimum absolute atomic E-state index is 0.0106.